The van der Waals surface area contributed by atoms with Gasteiger partial charge in [-0.3, -0.25) is 9.59 Å². The molecule has 0 atom stereocenters. The van der Waals surface area contributed by atoms with E-state index in [0.717, 1.165) is 0 Å². The number of carbonyl (C=O) groups excluding carboxylic acids is 3. The molecule has 1 aliphatic rings. The summed E-state index contributed by atoms with van der Waals surface area (Å²) < 4.78 is 4.56. The molecule has 1 saturated carbocycles. The second-order valence-electron chi connectivity index (χ2n) is 4.64. The molecule has 0 saturated heterocycles. The molecule has 0 aromatic heterocycles. The summed E-state index contributed by atoms with van der Waals surface area (Å²) in [5.74, 6) is -1.45. The second kappa shape index (κ2) is 5.78. The standard InChI is InChI=1S/C15H16O4/c1-2-19-15(18)14(17)9-13(16)12-7-5-11(6-8-12)10-3-4-10/h5-8,10H,2-4,9H2,1H3. The van der Waals surface area contributed by atoms with Gasteiger partial charge < -0.3 is 4.74 Å². The minimum Gasteiger partial charge on any atom is -0.460 e. The van der Waals surface area contributed by atoms with Gasteiger partial charge in [0.15, 0.2) is 5.78 Å². The first kappa shape index (κ1) is 13.5. The number of Topliss-reactive ketones (excluding diaryl/α,β-unsaturated/α-hetero) is 2. The van der Waals surface area contributed by atoms with Crippen molar-refractivity contribution in [3.05, 3.63) is 35.4 Å². The van der Waals surface area contributed by atoms with Crippen molar-refractivity contribution < 1.29 is 19.1 Å². The fraction of sp³-hybridized carbons (Fsp3) is 0.400. The molecule has 100 valence electrons. The van der Waals surface area contributed by atoms with Crippen LogP contribution in [0.3, 0.4) is 0 Å². The third kappa shape index (κ3) is 3.50. The number of benzene rings is 1. The van der Waals surface area contributed by atoms with Crippen LogP contribution in [0.5, 0.6) is 0 Å². The maximum atomic E-state index is 11.8. The van der Waals surface area contributed by atoms with E-state index in [1.807, 2.05) is 12.1 Å². The van der Waals surface area contributed by atoms with Crippen molar-refractivity contribution in [2.24, 2.45) is 0 Å². The predicted molar refractivity (Wildman–Crippen MR) is 69.0 cm³/mol. The Morgan fingerprint density at radius 1 is 1.16 bits per heavy atom. The van der Waals surface area contributed by atoms with E-state index in [4.69, 9.17) is 0 Å². The SMILES string of the molecule is CCOC(=O)C(=O)CC(=O)c1ccc(C2CC2)cc1. The van der Waals surface area contributed by atoms with Gasteiger partial charge in [0, 0.05) is 5.56 Å². The molecule has 0 N–H and O–H groups in total. The third-order valence-corrected chi connectivity index (χ3v) is 3.11. The van der Waals surface area contributed by atoms with E-state index in [-0.39, 0.29) is 12.4 Å². The number of hydrogen-bond donors (Lipinski definition) is 0. The van der Waals surface area contributed by atoms with Gasteiger partial charge in [-0.25, -0.2) is 4.79 Å². The van der Waals surface area contributed by atoms with Gasteiger partial charge in [0.25, 0.3) is 0 Å². The van der Waals surface area contributed by atoms with Crippen LogP contribution in [0.2, 0.25) is 0 Å². The number of esters is 1. The van der Waals surface area contributed by atoms with Gasteiger partial charge in [0.2, 0.25) is 5.78 Å². The van der Waals surface area contributed by atoms with E-state index in [1.54, 1.807) is 19.1 Å². The highest BCUT2D eigenvalue weighted by Crippen LogP contribution is 2.39. The molecule has 0 amide bonds. The summed E-state index contributed by atoms with van der Waals surface area (Å²) in [6.07, 6.45) is 1.98. The van der Waals surface area contributed by atoms with Crippen molar-refractivity contribution in [2.75, 3.05) is 6.61 Å². The summed E-state index contributed by atoms with van der Waals surface area (Å²) >= 11 is 0. The highest BCUT2D eigenvalue weighted by atomic mass is 16.5. The average Bonchev–Trinajstić information content (AvgIpc) is 3.23. The smallest absolute Gasteiger partial charge is 0.375 e. The van der Waals surface area contributed by atoms with E-state index in [9.17, 15) is 14.4 Å². The number of ether oxygens (including phenoxy) is 1. The number of ketones is 2. The zero-order valence-electron chi connectivity index (χ0n) is 10.8. The topological polar surface area (TPSA) is 60.4 Å². The van der Waals surface area contributed by atoms with E-state index in [2.05, 4.69) is 4.74 Å². The Labute approximate surface area is 111 Å². The van der Waals surface area contributed by atoms with Crippen molar-refractivity contribution in [1.82, 2.24) is 0 Å². The first-order valence-corrected chi connectivity index (χ1v) is 6.45. The molecule has 0 bridgehead atoms. The van der Waals surface area contributed by atoms with Crippen LogP contribution in [0.25, 0.3) is 0 Å². The molecular formula is C15H16O4. The van der Waals surface area contributed by atoms with Gasteiger partial charge in [-0.1, -0.05) is 24.3 Å². The molecule has 0 unspecified atom stereocenters. The molecule has 19 heavy (non-hydrogen) atoms. The molecule has 4 nitrogen and oxygen atoms in total. The van der Waals surface area contributed by atoms with Crippen molar-refractivity contribution in [2.45, 2.75) is 32.1 Å². The lowest BCUT2D eigenvalue weighted by Gasteiger charge is -2.03. The fourth-order valence-electron chi connectivity index (χ4n) is 1.89. The molecular weight excluding hydrogens is 244 g/mol. The van der Waals surface area contributed by atoms with Crippen LogP contribution in [0, 0.1) is 0 Å². The zero-order chi connectivity index (χ0) is 13.8. The molecule has 0 aliphatic heterocycles. The van der Waals surface area contributed by atoms with Crippen LogP contribution in [-0.4, -0.2) is 24.1 Å². The van der Waals surface area contributed by atoms with Crippen LogP contribution in [0.1, 0.15) is 48.0 Å². The minimum atomic E-state index is -0.939. The lowest BCUT2D eigenvalue weighted by molar-refractivity contribution is -0.153. The maximum absolute atomic E-state index is 11.8. The third-order valence-electron chi connectivity index (χ3n) is 3.11. The molecule has 1 aromatic rings. The first-order chi connectivity index (χ1) is 9.11. The highest BCUT2D eigenvalue weighted by Gasteiger charge is 2.24. The van der Waals surface area contributed by atoms with Crippen LogP contribution < -0.4 is 0 Å². The highest BCUT2D eigenvalue weighted by molar-refractivity contribution is 6.38. The van der Waals surface area contributed by atoms with Crippen molar-refractivity contribution in [1.29, 1.82) is 0 Å². The van der Waals surface area contributed by atoms with E-state index >= 15 is 0 Å². The van der Waals surface area contributed by atoms with Gasteiger partial charge in [0.1, 0.15) is 0 Å². The monoisotopic (exact) mass is 260 g/mol. The minimum absolute atomic E-state index is 0.134. The Hall–Kier alpha value is -1.97. The Kier molecular flexibility index (Phi) is 4.10. The number of hydrogen-bond acceptors (Lipinski definition) is 4. The summed E-state index contributed by atoms with van der Waals surface area (Å²) in [7, 11) is 0. The van der Waals surface area contributed by atoms with E-state index in [0.29, 0.717) is 11.5 Å². The van der Waals surface area contributed by atoms with Crippen molar-refractivity contribution >= 4 is 17.5 Å². The lowest BCUT2D eigenvalue weighted by atomic mass is 10.0. The van der Waals surface area contributed by atoms with Gasteiger partial charge in [-0.05, 0) is 31.2 Å². The average molecular weight is 260 g/mol. The van der Waals surface area contributed by atoms with Crippen LogP contribution in [0.4, 0.5) is 0 Å². The molecule has 0 spiro atoms. The molecule has 0 radical (unpaired) electrons. The predicted octanol–water partition coefficient (Wildman–Crippen LogP) is 2.27. The summed E-state index contributed by atoms with van der Waals surface area (Å²) in [4.78, 5) is 34.4. The van der Waals surface area contributed by atoms with Gasteiger partial charge >= 0.3 is 5.97 Å². The normalized spacial score (nSPS) is 13.9. The quantitative estimate of drug-likeness (QED) is 0.341. The first-order valence-electron chi connectivity index (χ1n) is 6.45. The fourth-order valence-corrected chi connectivity index (χ4v) is 1.89. The van der Waals surface area contributed by atoms with E-state index in [1.165, 1.54) is 18.4 Å². The van der Waals surface area contributed by atoms with Gasteiger partial charge in [0.05, 0.1) is 13.0 Å². The Bertz CT molecular complexity index is 497. The second-order valence-corrected chi connectivity index (χ2v) is 4.64. The summed E-state index contributed by atoms with van der Waals surface area (Å²) in [5.41, 5.74) is 1.69. The van der Waals surface area contributed by atoms with Gasteiger partial charge in [-0.15, -0.1) is 0 Å². The molecule has 0 heterocycles. The molecule has 1 aliphatic carbocycles. The van der Waals surface area contributed by atoms with E-state index < -0.39 is 18.2 Å². The van der Waals surface area contributed by atoms with Crippen LogP contribution in [0.15, 0.2) is 24.3 Å². The summed E-state index contributed by atoms with van der Waals surface area (Å²) in [6.45, 7) is 1.75. The zero-order valence-corrected chi connectivity index (χ0v) is 10.8. The van der Waals surface area contributed by atoms with Crippen molar-refractivity contribution in [3.63, 3.8) is 0 Å². The molecule has 2 rings (SSSR count). The summed E-state index contributed by atoms with van der Waals surface area (Å²) in [6, 6.07) is 7.27. The lowest BCUT2D eigenvalue weighted by Crippen LogP contribution is -2.20. The Morgan fingerprint density at radius 3 is 2.32 bits per heavy atom. The maximum Gasteiger partial charge on any atom is 0.375 e. The number of carbonyl (C=O) groups is 3. The Morgan fingerprint density at radius 2 is 1.79 bits per heavy atom. The molecule has 4 heteroatoms. The summed E-state index contributed by atoms with van der Waals surface area (Å²) in [5, 5.41) is 0. The van der Waals surface area contributed by atoms with Gasteiger partial charge in [-0.2, -0.15) is 0 Å². The van der Waals surface area contributed by atoms with Crippen LogP contribution in [-0.2, 0) is 14.3 Å². The molecule has 1 aromatic carbocycles. The Balaban J connectivity index is 1.95. The van der Waals surface area contributed by atoms with Crippen molar-refractivity contribution in [3.8, 4) is 0 Å². The number of rotatable bonds is 6. The van der Waals surface area contributed by atoms with Crippen LogP contribution >= 0.6 is 0 Å². The molecule has 1 fully saturated rings. The largest absolute Gasteiger partial charge is 0.460 e.